The van der Waals surface area contributed by atoms with Crippen LogP contribution in [0.3, 0.4) is 0 Å². The molecule has 9 nitrogen and oxygen atoms in total. The Morgan fingerprint density at radius 3 is 2.63 bits per heavy atom. The number of pyridine rings is 1. The molecular formula is C18H19F3N6O3. The number of hydrogen-bond donors (Lipinski definition) is 1. The number of primary amides is 1. The van der Waals surface area contributed by atoms with Crippen LogP contribution in [0.25, 0.3) is 11.4 Å². The second-order valence-electron chi connectivity index (χ2n) is 6.62. The summed E-state index contributed by atoms with van der Waals surface area (Å²) in [7, 11) is 2.75. The van der Waals surface area contributed by atoms with E-state index in [1.54, 1.807) is 12.1 Å². The van der Waals surface area contributed by atoms with Crippen LogP contribution in [0.2, 0.25) is 0 Å². The number of aromatic nitrogens is 5. The smallest absolute Gasteiger partial charge is 0.375 e. The first-order valence-electron chi connectivity index (χ1n) is 8.81. The monoisotopic (exact) mass is 424 g/mol. The van der Waals surface area contributed by atoms with E-state index in [0.717, 1.165) is 4.68 Å². The maximum absolute atomic E-state index is 13.5. The number of methoxy groups -OCH3 is 1. The maximum Gasteiger partial charge on any atom is 0.435 e. The van der Waals surface area contributed by atoms with E-state index in [-0.39, 0.29) is 23.5 Å². The highest BCUT2D eigenvalue weighted by atomic mass is 19.4. The molecule has 0 saturated carbocycles. The predicted molar refractivity (Wildman–Crippen MR) is 97.2 cm³/mol. The number of alkyl halides is 3. The summed E-state index contributed by atoms with van der Waals surface area (Å²) in [6, 6.07) is 3.32. The number of nitrogens with zero attached hydrogens (tertiary/aromatic N) is 5. The Labute approximate surface area is 169 Å². The summed E-state index contributed by atoms with van der Waals surface area (Å²) in [6.07, 6.45) is -3.54. The van der Waals surface area contributed by atoms with Crippen molar-refractivity contribution in [3.63, 3.8) is 0 Å². The molecule has 3 aromatic rings. The van der Waals surface area contributed by atoms with Crippen LogP contribution in [0.1, 0.15) is 59.2 Å². The van der Waals surface area contributed by atoms with Crippen LogP contribution < -0.4 is 5.73 Å². The Bertz CT molecular complexity index is 1080. The van der Waals surface area contributed by atoms with Crippen LogP contribution in [0.5, 0.6) is 0 Å². The van der Waals surface area contributed by atoms with Gasteiger partial charge < -0.3 is 15.0 Å². The van der Waals surface area contributed by atoms with Gasteiger partial charge in [-0.05, 0) is 26.0 Å². The highest BCUT2D eigenvalue weighted by Gasteiger charge is 2.42. The number of hydrogen-bond acceptors (Lipinski definition) is 7. The van der Waals surface area contributed by atoms with Crippen molar-refractivity contribution in [2.24, 2.45) is 12.8 Å². The predicted octanol–water partition coefficient (Wildman–Crippen LogP) is 2.84. The summed E-state index contributed by atoms with van der Waals surface area (Å²) in [5.41, 5.74) is 4.43. The first-order valence-corrected chi connectivity index (χ1v) is 8.81. The van der Waals surface area contributed by atoms with Crippen molar-refractivity contribution in [1.29, 1.82) is 0 Å². The minimum Gasteiger partial charge on any atom is -0.375 e. The van der Waals surface area contributed by atoms with Crippen molar-refractivity contribution in [3.05, 3.63) is 46.9 Å². The van der Waals surface area contributed by atoms with E-state index in [1.807, 2.05) is 6.92 Å². The lowest BCUT2D eigenvalue weighted by molar-refractivity contribution is -0.142. The number of ether oxygens (including phenoxy) is 1. The van der Waals surface area contributed by atoms with Crippen molar-refractivity contribution in [3.8, 4) is 11.4 Å². The molecule has 3 heterocycles. The van der Waals surface area contributed by atoms with Crippen LogP contribution in [0.4, 0.5) is 13.2 Å². The van der Waals surface area contributed by atoms with Crippen molar-refractivity contribution in [2.75, 3.05) is 7.11 Å². The molecule has 1 amide bonds. The number of carbonyl (C=O) groups is 1. The second kappa shape index (κ2) is 7.86. The van der Waals surface area contributed by atoms with Crippen LogP contribution in [-0.2, 0) is 18.0 Å². The average molecular weight is 424 g/mol. The topological polar surface area (TPSA) is 122 Å². The summed E-state index contributed by atoms with van der Waals surface area (Å²) < 4.78 is 51.7. The minimum atomic E-state index is -4.80. The number of aryl methyl sites for hydroxylation is 1. The van der Waals surface area contributed by atoms with E-state index >= 15 is 0 Å². The van der Waals surface area contributed by atoms with Gasteiger partial charge in [-0.3, -0.25) is 14.5 Å². The Morgan fingerprint density at radius 2 is 2.03 bits per heavy atom. The molecule has 0 fully saturated rings. The molecule has 30 heavy (non-hydrogen) atoms. The lowest BCUT2D eigenvalue weighted by Crippen LogP contribution is -2.19. The molecule has 0 spiro atoms. The van der Waals surface area contributed by atoms with E-state index in [0.29, 0.717) is 11.3 Å². The number of nitrogens with two attached hydrogens (primary N) is 1. The Morgan fingerprint density at radius 1 is 1.33 bits per heavy atom. The zero-order chi connectivity index (χ0) is 22.2. The van der Waals surface area contributed by atoms with E-state index in [1.165, 1.54) is 27.3 Å². The third-order valence-electron chi connectivity index (χ3n) is 4.64. The number of carbonyl (C=O) groups excluding carboxylic acids is 1. The Kier molecular flexibility index (Phi) is 5.61. The molecule has 3 rings (SSSR count). The van der Waals surface area contributed by atoms with Gasteiger partial charge in [-0.15, -0.1) is 0 Å². The fraction of sp³-hybridized carbons (Fsp3) is 0.389. The molecule has 0 aliphatic carbocycles. The molecule has 2 atom stereocenters. The number of amides is 1. The first kappa shape index (κ1) is 21.4. The molecule has 0 bridgehead atoms. The lowest BCUT2D eigenvalue weighted by atomic mass is 9.97. The Hall–Kier alpha value is -3.28. The highest BCUT2D eigenvalue weighted by Crippen LogP contribution is 2.38. The summed E-state index contributed by atoms with van der Waals surface area (Å²) in [6.45, 7) is 3.21. The molecule has 12 heteroatoms. The van der Waals surface area contributed by atoms with E-state index in [4.69, 9.17) is 15.0 Å². The molecule has 3 aromatic heterocycles. The van der Waals surface area contributed by atoms with Gasteiger partial charge in [0.2, 0.25) is 11.7 Å². The molecule has 0 unspecified atom stereocenters. The molecule has 0 radical (unpaired) electrons. The van der Waals surface area contributed by atoms with E-state index in [9.17, 15) is 18.0 Å². The lowest BCUT2D eigenvalue weighted by Gasteiger charge is -2.11. The van der Waals surface area contributed by atoms with Crippen LogP contribution in [0, 0.1) is 0 Å². The van der Waals surface area contributed by atoms with E-state index < -0.39 is 29.3 Å². The summed E-state index contributed by atoms with van der Waals surface area (Å²) in [5, 5.41) is 7.29. The van der Waals surface area contributed by atoms with Crippen molar-refractivity contribution in [2.45, 2.75) is 32.0 Å². The van der Waals surface area contributed by atoms with Crippen molar-refractivity contribution >= 4 is 5.91 Å². The van der Waals surface area contributed by atoms with Gasteiger partial charge in [-0.25, -0.2) is 0 Å². The van der Waals surface area contributed by atoms with E-state index in [2.05, 4.69) is 20.2 Å². The standard InChI is InChI=1S/C18H19F3N6O3/c1-8(12-13(15(22)28)27(3)25-14(12)18(19,20)21)17-24-16(26-30-17)10-5-6-23-11(7-10)9(2)29-4/h5-9H,1-4H3,(H2,22,28)/t8-,9+/m0/s1. The molecule has 160 valence electrons. The quantitative estimate of drug-likeness (QED) is 0.646. The average Bonchev–Trinajstić information content (AvgIpc) is 3.31. The van der Waals surface area contributed by atoms with Crippen LogP contribution in [-0.4, -0.2) is 37.9 Å². The minimum absolute atomic E-state index is 0.121. The van der Waals surface area contributed by atoms with Crippen LogP contribution in [0.15, 0.2) is 22.9 Å². The molecule has 0 saturated heterocycles. The highest BCUT2D eigenvalue weighted by molar-refractivity contribution is 5.93. The summed E-state index contributed by atoms with van der Waals surface area (Å²) in [5.74, 6) is -2.10. The molecule has 0 aliphatic rings. The maximum atomic E-state index is 13.5. The van der Waals surface area contributed by atoms with Gasteiger partial charge in [0.1, 0.15) is 5.69 Å². The molecule has 0 aromatic carbocycles. The van der Waals surface area contributed by atoms with Gasteiger partial charge in [0.05, 0.1) is 17.7 Å². The van der Waals surface area contributed by atoms with Crippen molar-refractivity contribution < 1.29 is 27.2 Å². The van der Waals surface area contributed by atoms with Gasteiger partial charge in [0, 0.05) is 31.5 Å². The number of halogens is 3. The molecular weight excluding hydrogens is 405 g/mol. The molecule has 2 N–H and O–H groups in total. The molecule has 0 aliphatic heterocycles. The van der Waals surface area contributed by atoms with Gasteiger partial charge in [-0.1, -0.05) is 5.16 Å². The zero-order valence-corrected chi connectivity index (χ0v) is 16.6. The third-order valence-corrected chi connectivity index (χ3v) is 4.64. The Balaban J connectivity index is 2.04. The first-order chi connectivity index (χ1) is 14.0. The van der Waals surface area contributed by atoms with Crippen LogP contribution >= 0.6 is 0 Å². The second-order valence-corrected chi connectivity index (χ2v) is 6.62. The fourth-order valence-electron chi connectivity index (χ4n) is 3.03. The summed E-state index contributed by atoms with van der Waals surface area (Å²) in [4.78, 5) is 20.2. The van der Waals surface area contributed by atoms with Gasteiger partial charge in [0.15, 0.2) is 5.69 Å². The zero-order valence-electron chi connectivity index (χ0n) is 16.6. The normalized spacial score (nSPS) is 14.0. The van der Waals surface area contributed by atoms with Gasteiger partial charge in [-0.2, -0.15) is 23.3 Å². The SMILES string of the molecule is CO[C@H](C)c1cc(-c2noc([C@@H](C)c3c(C(F)(F)F)nn(C)c3C(N)=O)n2)ccn1. The van der Waals surface area contributed by atoms with Crippen molar-refractivity contribution in [1.82, 2.24) is 24.9 Å². The third kappa shape index (κ3) is 3.90. The number of rotatable bonds is 6. The summed E-state index contributed by atoms with van der Waals surface area (Å²) >= 11 is 0. The fourth-order valence-corrected chi connectivity index (χ4v) is 3.03. The largest absolute Gasteiger partial charge is 0.435 e. The van der Waals surface area contributed by atoms with Gasteiger partial charge in [0.25, 0.3) is 5.91 Å². The van der Waals surface area contributed by atoms with Gasteiger partial charge >= 0.3 is 6.18 Å².